The molecule has 2 unspecified atom stereocenters. The maximum Gasteiger partial charge on any atom is 0.0412 e. The van der Waals surface area contributed by atoms with Gasteiger partial charge in [0.15, 0.2) is 0 Å². The second kappa shape index (κ2) is 6.12. The highest BCUT2D eigenvalue weighted by molar-refractivity contribution is 5.85. The first-order chi connectivity index (χ1) is 10.2. The summed E-state index contributed by atoms with van der Waals surface area (Å²) in [5, 5.41) is 5.97. The molecule has 21 heavy (non-hydrogen) atoms. The van der Waals surface area contributed by atoms with Crippen LogP contribution in [0.2, 0.25) is 0 Å². The number of likely N-dealkylation sites (tertiary alicyclic amines) is 1. The summed E-state index contributed by atoms with van der Waals surface area (Å²) in [5.41, 5.74) is 1.39. The summed E-state index contributed by atoms with van der Waals surface area (Å²) in [6, 6.07) is 9.65. The molecule has 3 rings (SSSR count). The van der Waals surface area contributed by atoms with E-state index in [2.05, 4.69) is 66.6 Å². The molecule has 1 fully saturated rings. The Hall–Kier alpha value is -1.45. The third kappa shape index (κ3) is 2.68. The molecule has 0 saturated carbocycles. The fraction of sp³-hybridized carbons (Fsp3) is 0.500. The van der Waals surface area contributed by atoms with E-state index < -0.39 is 0 Å². The van der Waals surface area contributed by atoms with E-state index in [1.807, 2.05) is 6.20 Å². The van der Waals surface area contributed by atoms with Gasteiger partial charge in [0.05, 0.1) is 0 Å². The quantitative estimate of drug-likeness (QED) is 0.934. The van der Waals surface area contributed by atoms with Crippen LogP contribution in [0.4, 0.5) is 0 Å². The molecular weight excluding hydrogens is 258 g/mol. The van der Waals surface area contributed by atoms with Crippen LogP contribution in [0.3, 0.4) is 0 Å². The first-order valence-electron chi connectivity index (χ1n) is 7.95. The molecule has 1 N–H and O–H groups in total. The zero-order valence-electron chi connectivity index (χ0n) is 13.2. The predicted octanol–water partition coefficient (Wildman–Crippen LogP) is 3.23. The highest BCUT2D eigenvalue weighted by Gasteiger charge is 2.36. The molecule has 1 aliphatic rings. The van der Waals surface area contributed by atoms with Gasteiger partial charge in [0.1, 0.15) is 0 Å². The average Bonchev–Trinajstić information content (AvgIpc) is 2.91. The summed E-state index contributed by atoms with van der Waals surface area (Å²) < 4.78 is 0. The smallest absolute Gasteiger partial charge is 0.0412 e. The fourth-order valence-electron chi connectivity index (χ4n) is 3.75. The maximum atomic E-state index is 4.50. The Morgan fingerprint density at radius 1 is 1.29 bits per heavy atom. The minimum atomic E-state index is 0.469. The minimum Gasteiger partial charge on any atom is -0.319 e. The standard InChI is InChI=1S/C18H25N3/c1-13(2)21-9-8-15(10-19-3)18(21)17-12-20-11-14-6-4-5-7-16(14)17/h4-7,11-13,15,18-19H,8-10H2,1-3H3. The molecule has 0 bridgehead atoms. The Kier molecular flexibility index (Phi) is 4.22. The number of nitrogens with one attached hydrogen (secondary N) is 1. The van der Waals surface area contributed by atoms with E-state index >= 15 is 0 Å². The number of hydrogen-bond acceptors (Lipinski definition) is 3. The van der Waals surface area contributed by atoms with Crippen molar-refractivity contribution in [2.24, 2.45) is 5.92 Å². The number of rotatable bonds is 4. The molecule has 1 aromatic heterocycles. The Labute approximate surface area is 127 Å². The van der Waals surface area contributed by atoms with Crippen LogP contribution in [0.5, 0.6) is 0 Å². The van der Waals surface area contributed by atoms with Gasteiger partial charge in [-0.05, 0) is 57.3 Å². The molecule has 2 atom stereocenters. The highest BCUT2D eigenvalue weighted by Crippen LogP contribution is 2.40. The Morgan fingerprint density at radius 2 is 2.10 bits per heavy atom. The van der Waals surface area contributed by atoms with Crippen molar-refractivity contribution in [3.8, 4) is 0 Å². The van der Waals surface area contributed by atoms with Gasteiger partial charge in [-0.3, -0.25) is 9.88 Å². The van der Waals surface area contributed by atoms with E-state index in [9.17, 15) is 0 Å². The van der Waals surface area contributed by atoms with E-state index in [4.69, 9.17) is 0 Å². The largest absolute Gasteiger partial charge is 0.319 e. The van der Waals surface area contributed by atoms with Crippen LogP contribution < -0.4 is 5.32 Å². The summed E-state index contributed by atoms with van der Waals surface area (Å²) in [5.74, 6) is 0.657. The van der Waals surface area contributed by atoms with Crippen molar-refractivity contribution < 1.29 is 0 Å². The molecule has 1 aromatic carbocycles. The van der Waals surface area contributed by atoms with Crippen LogP contribution in [0.1, 0.15) is 31.9 Å². The van der Waals surface area contributed by atoms with Gasteiger partial charge in [0, 0.05) is 29.9 Å². The van der Waals surface area contributed by atoms with Crippen molar-refractivity contribution in [2.75, 3.05) is 20.1 Å². The molecule has 2 aromatic rings. The minimum absolute atomic E-state index is 0.469. The van der Waals surface area contributed by atoms with Gasteiger partial charge in [0.25, 0.3) is 0 Å². The Balaban J connectivity index is 2.08. The van der Waals surface area contributed by atoms with Crippen molar-refractivity contribution in [2.45, 2.75) is 32.4 Å². The Bertz CT molecular complexity index is 603. The normalized spacial score (nSPS) is 23.2. The molecule has 0 amide bonds. The third-order valence-corrected chi connectivity index (χ3v) is 4.71. The molecule has 112 valence electrons. The number of nitrogens with zero attached hydrogens (tertiary/aromatic N) is 2. The van der Waals surface area contributed by atoms with Crippen LogP contribution in [0.15, 0.2) is 36.7 Å². The molecular formula is C18H25N3. The summed E-state index contributed by atoms with van der Waals surface area (Å²) in [6.07, 6.45) is 5.31. The van der Waals surface area contributed by atoms with Crippen molar-refractivity contribution in [3.05, 3.63) is 42.2 Å². The average molecular weight is 283 g/mol. The summed E-state index contributed by atoms with van der Waals surface area (Å²) in [6.45, 7) is 6.84. The van der Waals surface area contributed by atoms with Crippen molar-refractivity contribution >= 4 is 10.8 Å². The van der Waals surface area contributed by atoms with Crippen LogP contribution in [0.25, 0.3) is 10.8 Å². The van der Waals surface area contributed by atoms with Crippen LogP contribution >= 0.6 is 0 Å². The first kappa shape index (κ1) is 14.5. The summed E-state index contributed by atoms with van der Waals surface area (Å²) >= 11 is 0. The SMILES string of the molecule is CNCC1CCN(C(C)C)C1c1cncc2ccccc12. The molecule has 1 saturated heterocycles. The van der Waals surface area contributed by atoms with Gasteiger partial charge in [-0.25, -0.2) is 0 Å². The molecule has 3 heteroatoms. The summed E-state index contributed by atoms with van der Waals surface area (Å²) in [7, 11) is 2.05. The van der Waals surface area contributed by atoms with Gasteiger partial charge >= 0.3 is 0 Å². The predicted molar refractivity (Wildman–Crippen MR) is 88.4 cm³/mol. The van der Waals surface area contributed by atoms with E-state index in [0.29, 0.717) is 18.0 Å². The lowest BCUT2D eigenvalue weighted by Crippen LogP contribution is -2.34. The monoisotopic (exact) mass is 283 g/mol. The topological polar surface area (TPSA) is 28.2 Å². The molecule has 0 aliphatic carbocycles. The van der Waals surface area contributed by atoms with Crippen molar-refractivity contribution in [1.82, 2.24) is 15.2 Å². The lowest BCUT2D eigenvalue weighted by Gasteiger charge is -2.32. The second-order valence-electron chi connectivity index (χ2n) is 6.33. The Morgan fingerprint density at radius 3 is 2.86 bits per heavy atom. The summed E-state index contributed by atoms with van der Waals surface area (Å²) in [4.78, 5) is 7.13. The van der Waals surface area contributed by atoms with Crippen molar-refractivity contribution in [3.63, 3.8) is 0 Å². The zero-order chi connectivity index (χ0) is 14.8. The number of aromatic nitrogens is 1. The van der Waals surface area contributed by atoms with Gasteiger partial charge < -0.3 is 5.32 Å². The lowest BCUT2D eigenvalue weighted by molar-refractivity contribution is 0.183. The lowest BCUT2D eigenvalue weighted by atomic mass is 9.91. The number of pyridine rings is 1. The molecule has 0 spiro atoms. The third-order valence-electron chi connectivity index (χ3n) is 4.71. The van der Waals surface area contributed by atoms with Gasteiger partial charge in [0.2, 0.25) is 0 Å². The number of benzene rings is 1. The molecule has 0 radical (unpaired) electrons. The van der Waals surface area contributed by atoms with Crippen LogP contribution in [0, 0.1) is 5.92 Å². The van der Waals surface area contributed by atoms with E-state index in [1.165, 1.54) is 29.3 Å². The van der Waals surface area contributed by atoms with Crippen LogP contribution in [-0.2, 0) is 0 Å². The van der Waals surface area contributed by atoms with Gasteiger partial charge in [-0.15, -0.1) is 0 Å². The molecule has 2 heterocycles. The number of hydrogen-bond donors (Lipinski definition) is 1. The van der Waals surface area contributed by atoms with E-state index in [-0.39, 0.29) is 0 Å². The van der Waals surface area contributed by atoms with Gasteiger partial charge in [-0.2, -0.15) is 0 Å². The molecule has 3 nitrogen and oxygen atoms in total. The van der Waals surface area contributed by atoms with Gasteiger partial charge in [-0.1, -0.05) is 24.3 Å². The van der Waals surface area contributed by atoms with E-state index in [1.54, 1.807) is 0 Å². The molecule has 1 aliphatic heterocycles. The highest BCUT2D eigenvalue weighted by atomic mass is 15.2. The van der Waals surface area contributed by atoms with Crippen molar-refractivity contribution in [1.29, 1.82) is 0 Å². The van der Waals surface area contributed by atoms with Crippen LogP contribution in [-0.4, -0.2) is 36.1 Å². The second-order valence-corrected chi connectivity index (χ2v) is 6.33. The van der Waals surface area contributed by atoms with E-state index in [0.717, 1.165) is 6.54 Å². The first-order valence-corrected chi connectivity index (χ1v) is 7.95. The zero-order valence-corrected chi connectivity index (χ0v) is 13.2. The fourth-order valence-corrected chi connectivity index (χ4v) is 3.75. The maximum absolute atomic E-state index is 4.50. The number of fused-ring (bicyclic) bond motifs is 1.